The molecule has 2 heterocycles. The van der Waals surface area contributed by atoms with Gasteiger partial charge in [-0.15, -0.1) is 5.10 Å². The molecule has 1 aliphatic heterocycles. The number of carbonyl (C=O) groups is 2. The number of nitriles is 1. The van der Waals surface area contributed by atoms with E-state index in [4.69, 9.17) is 9.47 Å². The molecule has 2 aromatic carbocycles. The molecule has 1 unspecified atom stereocenters. The normalized spacial score (nSPS) is 15.2. The number of aromatic nitrogens is 3. The lowest BCUT2D eigenvalue weighted by molar-refractivity contribution is -0.167. The van der Waals surface area contributed by atoms with Crippen molar-refractivity contribution in [3.8, 4) is 6.07 Å². The number of nitrogens with one attached hydrogen (secondary N) is 1. The number of ether oxygens (including phenoxy) is 2. The second-order valence-corrected chi connectivity index (χ2v) is 8.39. The molecule has 214 valence electrons. The van der Waals surface area contributed by atoms with E-state index in [9.17, 15) is 41.2 Å². The van der Waals surface area contributed by atoms with Gasteiger partial charge in [0, 0.05) is 5.69 Å². The van der Waals surface area contributed by atoms with Crippen LogP contribution >= 0.6 is 0 Å². The molecule has 0 bridgehead atoms. The molecule has 0 saturated carbocycles. The summed E-state index contributed by atoms with van der Waals surface area (Å²) in [6.45, 7) is 2.78. The maximum absolute atomic E-state index is 13.5. The average molecular weight is 580 g/mol. The van der Waals surface area contributed by atoms with Crippen LogP contribution in [-0.4, -0.2) is 39.6 Å². The molecule has 16 heteroatoms. The van der Waals surface area contributed by atoms with Gasteiger partial charge in [-0.1, -0.05) is 18.2 Å². The monoisotopic (exact) mass is 580 g/mol. The SMILES string of the molecule is CCOC(=O)OC1=C(C)N(c2cccc(C(F)(F)F)c2)c2nc(NC(=O)C(F)(F)F)nn2C1c1ccc(C#N)cc1. The van der Waals surface area contributed by atoms with Crippen molar-refractivity contribution < 1.29 is 45.4 Å². The smallest absolute Gasteiger partial charge is 0.434 e. The molecule has 1 atom stereocenters. The topological polar surface area (TPSA) is 122 Å². The largest absolute Gasteiger partial charge is 0.513 e. The van der Waals surface area contributed by atoms with Crippen molar-refractivity contribution in [3.05, 3.63) is 76.7 Å². The first-order valence-electron chi connectivity index (χ1n) is 11.6. The summed E-state index contributed by atoms with van der Waals surface area (Å²) < 4.78 is 90.8. The molecule has 1 aromatic heterocycles. The van der Waals surface area contributed by atoms with E-state index in [0.29, 0.717) is 5.56 Å². The number of allylic oxidation sites excluding steroid dienone is 2. The van der Waals surface area contributed by atoms with Crippen LogP contribution in [0.25, 0.3) is 0 Å². The van der Waals surface area contributed by atoms with Crippen LogP contribution in [-0.2, 0) is 20.4 Å². The number of carbonyl (C=O) groups excluding carboxylic acids is 2. The first-order valence-corrected chi connectivity index (χ1v) is 11.6. The van der Waals surface area contributed by atoms with Gasteiger partial charge in [-0.05, 0) is 49.7 Å². The predicted molar refractivity (Wildman–Crippen MR) is 128 cm³/mol. The third-order valence-electron chi connectivity index (χ3n) is 5.72. The Balaban J connectivity index is 1.97. The molecule has 0 radical (unpaired) electrons. The summed E-state index contributed by atoms with van der Waals surface area (Å²) in [5, 5.41) is 14.7. The number of alkyl halides is 6. The van der Waals surface area contributed by atoms with Gasteiger partial charge >= 0.3 is 24.4 Å². The van der Waals surface area contributed by atoms with Gasteiger partial charge in [0.05, 0.1) is 29.5 Å². The summed E-state index contributed by atoms with van der Waals surface area (Å²) in [4.78, 5) is 29.1. The van der Waals surface area contributed by atoms with Gasteiger partial charge in [0.1, 0.15) is 6.04 Å². The molecule has 1 amide bonds. The zero-order chi connectivity index (χ0) is 30.1. The standard InChI is InChI=1S/C25H18F6N6O4/c1-3-40-23(39)41-19-13(2)36(17-6-4-5-16(11-17)24(26,27)28)22-34-21(33-20(38)25(29,30)31)35-37(22)18(19)15-9-7-14(12-32)8-10-15/h4-11,18H,3H2,1-2H3,(H,33,35,38). The summed E-state index contributed by atoms with van der Waals surface area (Å²) in [5.74, 6) is -3.77. The van der Waals surface area contributed by atoms with Gasteiger partial charge in [0.2, 0.25) is 5.95 Å². The molecule has 0 saturated heterocycles. The van der Waals surface area contributed by atoms with Crippen molar-refractivity contribution in [1.82, 2.24) is 14.8 Å². The Morgan fingerprint density at radius 1 is 1.10 bits per heavy atom. The molecular weight excluding hydrogens is 562 g/mol. The second-order valence-electron chi connectivity index (χ2n) is 8.39. The van der Waals surface area contributed by atoms with Crippen molar-refractivity contribution >= 4 is 29.6 Å². The van der Waals surface area contributed by atoms with Crippen molar-refractivity contribution in [2.45, 2.75) is 32.2 Å². The lowest BCUT2D eigenvalue weighted by atomic mass is 10.0. The molecule has 1 N–H and O–H groups in total. The molecule has 3 aromatic rings. The fourth-order valence-corrected chi connectivity index (χ4v) is 3.96. The third-order valence-corrected chi connectivity index (χ3v) is 5.72. The highest BCUT2D eigenvalue weighted by Crippen LogP contribution is 2.44. The lowest BCUT2D eigenvalue weighted by Gasteiger charge is -2.35. The molecule has 41 heavy (non-hydrogen) atoms. The molecule has 4 rings (SSSR count). The van der Waals surface area contributed by atoms with Gasteiger partial charge in [-0.2, -0.15) is 36.6 Å². The molecule has 10 nitrogen and oxygen atoms in total. The van der Waals surface area contributed by atoms with E-state index >= 15 is 0 Å². The van der Waals surface area contributed by atoms with Crippen LogP contribution in [0.1, 0.15) is 36.6 Å². The van der Waals surface area contributed by atoms with E-state index in [-0.39, 0.29) is 35.3 Å². The van der Waals surface area contributed by atoms with Crippen LogP contribution in [0.3, 0.4) is 0 Å². The van der Waals surface area contributed by atoms with E-state index in [0.717, 1.165) is 27.8 Å². The Kier molecular flexibility index (Phi) is 7.64. The number of rotatable bonds is 5. The van der Waals surface area contributed by atoms with Crippen LogP contribution in [0.15, 0.2) is 60.0 Å². The highest BCUT2D eigenvalue weighted by atomic mass is 19.4. The van der Waals surface area contributed by atoms with Crippen molar-refractivity contribution in [1.29, 1.82) is 5.26 Å². The molecule has 0 aliphatic carbocycles. The predicted octanol–water partition coefficient (Wildman–Crippen LogP) is 5.82. The number of hydrogen-bond acceptors (Lipinski definition) is 8. The minimum Gasteiger partial charge on any atom is -0.434 e. The number of hydrogen-bond donors (Lipinski definition) is 1. The quantitative estimate of drug-likeness (QED) is 0.296. The Morgan fingerprint density at radius 3 is 2.37 bits per heavy atom. The first-order chi connectivity index (χ1) is 19.2. The zero-order valence-corrected chi connectivity index (χ0v) is 21.0. The number of benzene rings is 2. The highest BCUT2D eigenvalue weighted by Gasteiger charge is 2.42. The molecule has 1 aliphatic rings. The zero-order valence-electron chi connectivity index (χ0n) is 21.0. The van der Waals surface area contributed by atoms with Gasteiger partial charge in [-0.3, -0.25) is 15.0 Å². The molecule has 0 spiro atoms. The van der Waals surface area contributed by atoms with Crippen molar-refractivity contribution in [3.63, 3.8) is 0 Å². The molecule has 0 fully saturated rings. The maximum Gasteiger partial charge on any atom is 0.513 e. The fourth-order valence-electron chi connectivity index (χ4n) is 3.96. The second kappa shape index (κ2) is 10.8. The summed E-state index contributed by atoms with van der Waals surface area (Å²) in [6.07, 6.45) is -11.2. The molecular formula is C25H18F6N6O4. The van der Waals surface area contributed by atoms with Gasteiger partial charge in [0.15, 0.2) is 5.76 Å². The van der Waals surface area contributed by atoms with E-state index in [1.165, 1.54) is 49.5 Å². The van der Waals surface area contributed by atoms with Crippen LogP contribution in [0.2, 0.25) is 0 Å². The lowest BCUT2D eigenvalue weighted by Crippen LogP contribution is -2.33. The van der Waals surface area contributed by atoms with E-state index in [1.807, 2.05) is 6.07 Å². The third kappa shape index (κ3) is 5.93. The Morgan fingerprint density at radius 2 is 1.78 bits per heavy atom. The van der Waals surface area contributed by atoms with E-state index in [1.54, 1.807) is 0 Å². The first kappa shape index (κ1) is 28.9. The number of amides is 1. The number of halogens is 6. The summed E-state index contributed by atoms with van der Waals surface area (Å²) in [7, 11) is 0. The fraction of sp³-hybridized carbons (Fsp3) is 0.240. The summed E-state index contributed by atoms with van der Waals surface area (Å²) >= 11 is 0. The summed E-state index contributed by atoms with van der Waals surface area (Å²) in [5.41, 5.74) is -0.670. The summed E-state index contributed by atoms with van der Waals surface area (Å²) in [6, 6.07) is 10.3. The minimum absolute atomic E-state index is 0.000310. The number of anilines is 3. The Labute approximate surface area is 227 Å². The maximum atomic E-state index is 13.5. The Hall–Kier alpha value is -5.07. The van der Waals surface area contributed by atoms with Crippen LogP contribution < -0.4 is 10.2 Å². The van der Waals surface area contributed by atoms with E-state index in [2.05, 4.69) is 10.1 Å². The Bertz CT molecular complexity index is 1560. The number of fused-ring (bicyclic) bond motifs is 1. The van der Waals surface area contributed by atoms with Crippen molar-refractivity contribution in [2.24, 2.45) is 0 Å². The van der Waals surface area contributed by atoms with Crippen LogP contribution in [0.5, 0.6) is 0 Å². The van der Waals surface area contributed by atoms with Crippen molar-refractivity contribution in [2.75, 3.05) is 16.8 Å². The number of nitrogens with zero attached hydrogens (tertiary/aromatic N) is 5. The van der Waals surface area contributed by atoms with Crippen LogP contribution in [0.4, 0.5) is 48.7 Å². The minimum atomic E-state index is -5.30. The van der Waals surface area contributed by atoms with Crippen LogP contribution in [0, 0.1) is 11.3 Å². The van der Waals surface area contributed by atoms with Gasteiger partial charge in [-0.25, -0.2) is 9.48 Å². The van der Waals surface area contributed by atoms with E-state index < -0.39 is 42.0 Å². The van der Waals surface area contributed by atoms with Gasteiger partial charge < -0.3 is 9.47 Å². The highest BCUT2D eigenvalue weighted by molar-refractivity contribution is 5.93. The average Bonchev–Trinajstić information content (AvgIpc) is 3.31. The van der Waals surface area contributed by atoms with Gasteiger partial charge in [0.25, 0.3) is 5.95 Å².